The van der Waals surface area contributed by atoms with Crippen molar-refractivity contribution in [3.8, 4) is 5.75 Å². The van der Waals surface area contributed by atoms with Crippen LogP contribution in [0.25, 0.3) is 0 Å². The molecule has 1 fully saturated rings. The van der Waals surface area contributed by atoms with Crippen molar-refractivity contribution in [1.82, 2.24) is 0 Å². The number of nitrogens with zero attached hydrogens (tertiary/aromatic N) is 2. The number of halogens is 4. The fraction of sp³-hybridized carbons (Fsp3) is 0.350. The van der Waals surface area contributed by atoms with Gasteiger partial charge < -0.3 is 25.4 Å². The molecule has 10 heteroatoms. The summed E-state index contributed by atoms with van der Waals surface area (Å²) in [6.45, 7) is 1.94. The first-order valence-corrected chi connectivity index (χ1v) is 9.10. The maximum absolute atomic E-state index is 13.6. The molecule has 0 saturated carbocycles. The van der Waals surface area contributed by atoms with Gasteiger partial charge in [0.25, 0.3) is 0 Å². The third-order valence-corrected chi connectivity index (χ3v) is 4.56. The SMILES string of the molecule is COc1ccc(NC(N)=NCc2ccc(N3CCOCC3)cc2C(F)(F)F)cc1.I. The summed E-state index contributed by atoms with van der Waals surface area (Å²) < 4.78 is 51.1. The number of guanidine groups is 1. The van der Waals surface area contributed by atoms with Gasteiger partial charge in [-0.25, -0.2) is 4.99 Å². The Morgan fingerprint density at radius 2 is 1.83 bits per heavy atom. The number of aliphatic imine (C=N–C) groups is 1. The van der Waals surface area contributed by atoms with E-state index in [0.717, 1.165) is 0 Å². The van der Waals surface area contributed by atoms with Crippen LogP contribution in [0.3, 0.4) is 0 Å². The second-order valence-electron chi connectivity index (χ2n) is 6.49. The maximum Gasteiger partial charge on any atom is 0.416 e. The lowest BCUT2D eigenvalue weighted by molar-refractivity contribution is -0.138. The minimum atomic E-state index is -4.48. The molecule has 0 unspecified atom stereocenters. The molecule has 164 valence electrons. The van der Waals surface area contributed by atoms with Crippen LogP contribution in [-0.2, 0) is 17.5 Å². The lowest BCUT2D eigenvalue weighted by Crippen LogP contribution is -2.36. The van der Waals surface area contributed by atoms with Crippen LogP contribution in [0.4, 0.5) is 24.5 Å². The first-order valence-electron chi connectivity index (χ1n) is 9.10. The molecule has 0 bridgehead atoms. The van der Waals surface area contributed by atoms with E-state index in [4.69, 9.17) is 15.2 Å². The Hall–Kier alpha value is -2.21. The molecular formula is C20H24F3IN4O2. The number of methoxy groups -OCH3 is 1. The first-order chi connectivity index (χ1) is 13.9. The Labute approximate surface area is 190 Å². The van der Waals surface area contributed by atoms with E-state index < -0.39 is 11.7 Å². The number of nitrogens with one attached hydrogen (secondary N) is 1. The smallest absolute Gasteiger partial charge is 0.416 e. The Morgan fingerprint density at radius 3 is 2.43 bits per heavy atom. The predicted octanol–water partition coefficient (Wildman–Crippen LogP) is 4.10. The highest BCUT2D eigenvalue weighted by Crippen LogP contribution is 2.35. The molecule has 1 saturated heterocycles. The van der Waals surface area contributed by atoms with Gasteiger partial charge in [-0.1, -0.05) is 6.07 Å². The zero-order chi connectivity index (χ0) is 20.9. The van der Waals surface area contributed by atoms with Crippen LogP contribution in [0.1, 0.15) is 11.1 Å². The van der Waals surface area contributed by atoms with Gasteiger partial charge in [0.05, 0.1) is 32.4 Å². The highest BCUT2D eigenvalue weighted by atomic mass is 127. The molecule has 0 aliphatic carbocycles. The molecule has 3 rings (SSSR count). The largest absolute Gasteiger partial charge is 0.497 e. The lowest BCUT2D eigenvalue weighted by atomic mass is 10.1. The van der Waals surface area contributed by atoms with Gasteiger partial charge in [-0.05, 0) is 42.0 Å². The number of hydrogen-bond donors (Lipinski definition) is 2. The zero-order valence-electron chi connectivity index (χ0n) is 16.4. The van der Waals surface area contributed by atoms with Crippen LogP contribution >= 0.6 is 24.0 Å². The van der Waals surface area contributed by atoms with Gasteiger partial charge in [0.1, 0.15) is 5.75 Å². The molecule has 1 aliphatic heterocycles. The molecule has 2 aromatic carbocycles. The second kappa shape index (κ2) is 10.7. The fourth-order valence-corrected chi connectivity index (χ4v) is 3.02. The van der Waals surface area contributed by atoms with Gasteiger partial charge in [0.2, 0.25) is 0 Å². The number of rotatable bonds is 5. The van der Waals surface area contributed by atoms with E-state index in [9.17, 15) is 13.2 Å². The van der Waals surface area contributed by atoms with E-state index in [-0.39, 0.29) is 42.0 Å². The van der Waals surface area contributed by atoms with E-state index in [1.807, 2.05) is 4.90 Å². The number of ether oxygens (including phenoxy) is 2. The third-order valence-electron chi connectivity index (χ3n) is 4.56. The van der Waals surface area contributed by atoms with Crippen molar-refractivity contribution in [2.45, 2.75) is 12.7 Å². The molecule has 0 atom stereocenters. The van der Waals surface area contributed by atoms with Gasteiger partial charge in [0.15, 0.2) is 5.96 Å². The van der Waals surface area contributed by atoms with Gasteiger partial charge in [0, 0.05) is 24.5 Å². The minimum Gasteiger partial charge on any atom is -0.497 e. The monoisotopic (exact) mass is 536 g/mol. The van der Waals surface area contributed by atoms with Crippen LogP contribution < -0.4 is 20.7 Å². The van der Waals surface area contributed by atoms with E-state index in [1.165, 1.54) is 12.1 Å². The van der Waals surface area contributed by atoms with Gasteiger partial charge in [-0.2, -0.15) is 13.2 Å². The Bertz CT molecular complexity index is 854. The summed E-state index contributed by atoms with van der Waals surface area (Å²) in [7, 11) is 1.56. The van der Waals surface area contributed by atoms with Crippen molar-refractivity contribution >= 4 is 41.3 Å². The summed E-state index contributed by atoms with van der Waals surface area (Å²) >= 11 is 0. The summed E-state index contributed by atoms with van der Waals surface area (Å²) in [4.78, 5) is 5.95. The van der Waals surface area contributed by atoms with Crippen molar-refractivity contribution < 1.29 is 22.6 Å². The first kappa shape index (κ1) is 24.1. The van der Waals surface area contributed by atoms with E-state index in [0.29, 0.717) is 43.4 Å². The molecule has 0 aromatic heterocycles. The van der Waals surface area contributed by atoms with Crippen molar-refractivity contribution in [2.75, 3.05) is 43.6 Å². The molecule has 0 amide bonds. The molecule has 30 heavy (non-hydrogen) atoms. The van der Waals surface area contributed by atoms with Crippen LogP contribution in [0.15, 0.2) is 47.5 Å². The Morgan fingerprint density at radius 1 is 1.17 bits per heavy atom. The quantitative estimate of drug-likeness (QED) is 0.342. The molecule has 6 nitrogen and oxygen atoms in total. The van der Waals surface area contributed by atoms with E-state index >= 15 is 0 Å². The van der Waals surface area contributed by atoms with Crippen molar-refractivity contribution in [2.24, 2.45) is 10.7 Å². The van der Waals surface area contributed by atoms with Crippen LogP contribution in [0.2, 0.25) is 0 Å². The molecular weight excluding hydrogens is 512 g/mol. The summed E-state index contributed by atoms with van der Waals surface area (Å²) in [5.74, 6) is 0.710. The van der Waals surface area contributed by atoms with Crippen LogP contribution in [-0.4, -0.2) is 39.4 Å². The average Bonchev–Trinajstić information content (AvgIpc) is 2.72. The molecule has 1 aliphatic rings. The fourth-order valence-electron chi connectivity index (χ4n) is 3.02. The standard InChI is InChI=1S/C20H23F3N4O2.HI/c1-28-17-6-3-15(4-7-17)26-19(24)25-13-14-2-5-16(12-18(14)20(21,22)23)27-8-10-29-11-9-27;/h2-7,12H,8-11,13H2,1H3,(H3,24,25,26);1H. The van der Waals surface area contributed by atoms with Crippen molar-refractivity contribution in [3.63, 3.8) is 0 Å². The van der Waals surface area contributed by atoms with Gasteiger partial charge >= 0.3 is 6.18 Å². The molecule has 1 heterocycles. The number of anilines is 2. The Kier molecular flexibility index (Phi) is 8.59. The van der Waals surface area contributed by atoms with Gasteiger partial charge in [-0.3, -0.25) is 0 Å². The Balaban J connectivity index is 0.00000320. The normalized spacial score (nSPS) is 14.8. The second-order valence-corrected chi connectivity index (χ2v) is 6.49. The summed E-state index contributed by atoms with van der Waals surface area (Å²) in [6, 6.07) is 11.3. The predicted molar refractivity (Wildman–Crippen MR) is 122 cm³/mol. The van der Waals surface area contributed by atoms with Crippen molar-refractivity contribution in [3.05, 3.63) is 53.6 Å². The average molecular weight is 536 g/mol. The zero-order valence-corrected chi connectivity index (χ0v) is 18.7. The number of alkyl halides is 3. The topological polar surface area (TPSA) is 72.1 Å². The summed E-state index contributed by atoms with van der Waals surface area (Å²) in [5.41, 5.74) is 6.38. The highest BCUT2D eigenvalue weighted by Gasteiger charge is 2.34. The molecule has 0 radical (unpaired) electrons. The van der Waals surface area contributed by atoms with Gasteiger partial charge in [-0.15, -0.1) is 24.0 Å². The van der Waals surface area contributed by atoms with E-state index in [2.05, 4.69) is 10.3 Å². The number of benzene rings is 2. The minimum absolute atomic E-state index is 0. The van der Waals surface area contributed by atoms with E-state index in [1.54, 1.807) is 37.4 Å². The lowest BCUT2D eigenvalue weighted by Gasteiger charge is -2.29. The maximum atomic E-state index is 13.6. The molecule has 3 N–H and O–H groups in total. The third kappa shape index (κ3) is 6.39. The summed E-state index contributed by atoms with van der Waals surface area (Å²) in [6.07, 6.45) is -4.48. The summed E-state index contributed by atoms with van der Waals surface area (Å²) in [5, 5.41) is 2.85. The van der Waals surface area contributed by atoms with Crippen LogP contribution in [0, 0.1) is 0 Å². The number of morpholine rings is 1. The number of nitrogens with two attached hydrogens (primary N) is 1. The number of hydrogen-bond acceptors (Lipinski definition) is 4. The van der Waals surface area contributed by atoms with Crippen molar-refractivity contribution in [1.29, 1.82) is 0 Å². The molecule has 0 spiro atoms. The molecule has 2 aromatic rings. The van der Waals surface area contributed by atoms with Crippen LogP contribution in [0.5, 0.6) is 5.75 Å². The highest BCUT2D eigenvalue weighted by molar-refractivity contribution is 14.0.